The van der Waals surface area contributed by atoms with Crippen molar-refractivity contribution in [2.45, 2.75) is 26.3 Å². The fourth-order valence-electron chi connectivity index (χ4n) is 3.86. The number of aryl methyl sites for hydroxylation is 2. The number of pyridine rings is 1. The molecule has 0 bridgehead atoms. The maximum absolute atomic E-state index is 12.9. The third kappa shape index (κ3) is 3.79. The number of anilines is 3. The topological polar surface area (TPSA) is 142 Å². The van der Waals surface area contributed by atoms with Crippen molar-refractivity contribution < 1.29 is 4.79 Å². The number of carbonyl (C=O) groups excluding carboxylic acids is 1. The standard InChI is InChI=1S/C20H24N10O/c1-4-14-11-29(20(31)25-16-6-5-13(9-21)24-12(16)2)7-8-30(14)18-15-10-23-28(3)17(15)26-19(22)27-18/h5-6,10,14H,4,7-8,11H2,1-3H3,(H,25,31)(H2,22,26,27)/t14-/m0/s1. The Bertz CT molecular complexity index is 1180. The Balaban J connectivity index is 1.53. The van der Waals surface area contributed by atoms with Crippen LogP contribution in [0.5, 0.6) is 0 Å². The van der Waals surface area contributed by atoms with E-state index in [2.05, 4.69) is 37.2 Å². The summed E-state index contributed by atoms with van der Waals surface area (Å²) >= 11 is 0. The second-order valence-corrected chi connectivity index (χ2v) is 7.48. The largest absolute Gasteiger partial charge is 0.368 e. The predicted octanol–water partition coefficient (Wildman–Crippen LogP) is 1.65. The van der Waals surface area contributed by atoms with Crippen LogP contribution in [0, 0.1) is 18.3 Å². The Morgan fingerprint density at radius 2 is 2.13 bits per heavy atom. The van der Waals surface area contributed by atoms with Crippen LogP contribution in [0.2, 0.25) is 0 Å². The van der Waals surface area contributed by atoms with Crippen molar-refractivity contribution in [2.24, 2.45) is 7.05 Å². The number of nitriles is 1. The van der Waals surface area contributed by atoms with E-state index in [-0.39, 0.29) is 18.0 Å². The lowest BCUT2D eigenvalue weighted by atomic mass is 10.1. The molecule has 0 spiro atoms. The highest BCUT2D eigenvalue weighted by Gasteiger charge is 2.31. The average molecular weight is 420 g/mol. The van der Waals surface area contributed by atoms with E-state index < -0.39 is 0 Å². The number of amides is 2. The highest BCUT2D eigenvalue weighted by atomic mass is 16.2. The third-order valence-corrected chi connectivity index (χ3v) is 5.54. The van der Waals surface area contributed by atoms with E-state index in [0.29, 0.717) is 42.4 Å². The van der Waals surface area contributed by atoms with Crippen molar-refractivity contribution >= 4 is 34.5 Å². The summed E-state index contributed by atoms with van der Waals surface area (Å²) in [6.07, 6.45) is 2.57. The van der Waals surface area contributed by atoms with Crippen molar-refractivity contribution in [3.63, 3.8) is 0 Å². The molecule has 1 atom stereocenters. The molecule has 3 aromatic rings. The van der Waals surface area contributed by atoms with Crippen LogP contribution < -0.4 is 16.0 Å². The van der Waals surface area contributed by atoms with Crippen LogP contribution in [0.3, 0.4) is 0 Å². The van der Waals surface area contributed by atoms with E-state index in [9.17, 15) is 4.79 Å². The van der Waals surface area contributed by atoms with Gasteiger partial charge in [0.2, 0.25) is 5.95 Å². The monoisotopic (exact) mass is 420 g/mol. The lowest BCUT2D eigenvalue weighted by Gasteiger charge is -2.42. The first kappa shape index (κ1) is 20.3. The molecule has 4 heterocycles. The first-order valence-electron chi connectivity index (χ1n) is 10.1. The molecular formula is C20H24N10O. The fraction of sp³-hybridized carbons (Fsp3) is 0.400. The number of fused-ring (bicyclic) bond motifs is 1. The number of urea groups is 1. The Morgan fingerprint density at radius 1 is 1.32 bits per heavy atom. The molecule has 11 heteroatoms. The Labute approximate surface area is 179 Å². The second-order valence-electron chi connectivity index (χ2n) is 7.48. The smallest absolute Gasteiger partial charge is 0.322 e. The van der Waals surface area contributed by atoms with Gasteiger partial charge in [0, 0.05) is 32.7 Å². The molecule has 1 aliphatic heterocycles. The van der Waals surface area contributed by atoms with Crippen LogP contribution in [0.4, 0.5) is 22.2 Å². The van der Waals surface area contributed by atoms with Gasteiger partial charge < -0.3 is 20.9 Å². The number of carbonyl (C=O) groups is 1. The highest BCUT2D eigenvalue weighted by Crippen LogP contribution is 2.28. The summed E-state index contributed by atoms with van der Waals surface area (Å²) in [5, 5.41) is 17.0. The number of nitrogens with zero attached hydrogens (tertiary/aromatic N) is 8. The molecule has 0 aliphatic carbocycles. The molecule has 2 amide bonds. The maximum Gasteiger partial charge on any atom is 0.322 e. The lowest BCUT2D eigenvalue weighted by molar-refractivity contribution is 0.197. The van der Waals surface area contributed by atoms with Crippen LogP contribution in [0.15, 0.2) is 18.3 Å². The van der Waals surface area contributed by atoms with Gasteiger partial charge in [0.15, 0.2) is 5.65 Å². The summed E-state index contributed by atoms with van der Waals surface area (Å²) in [6, 6.07) is 5.17. The van der Waals surface area contributed by atoms with Gasteiger partial charge in [-0.3, -0.25) is 4.68 Å². The molecule has 160 valence electrons. The average Bonchev–Trinajstić information content (AvgIpc) is 3.14. The zero-order valence-electron chi connectivity index (χ0n) is 17.7. The summed E-state index contributed by atoms with van der Waals surface area (Å²) in [5.74, 6) is 0.944. The van der Waals surface area contributed by atoms with Gasteiger partial charge in [-0.05, 0) is 25.5 Å². The van der Waals surface area contributed by atoms with Gasteiger partial charge in [-0.2, -0.15) is 20.3 Å². The van der Waals surface area contributed by atoms with Crippen molar-refractivity contribution in [1.82, 2.24) is 29.6 Å². The molecule has 11 nitrogen and oxygen atoms in total. The summed E-state index contributed by atoms with van der Waals surface area (Å²) in [5.41, 5.74) is 8.16. The van der Waals surface area contributed by atoms with Crippen molar-refractivity contribution in [1.29, 1.82) is 5.26 Å². The van der Waals surface area contributed by atoms with E-state index in [1.807, 2.05) is 13.1 Å². The Hall–Kier alpha value is -3.94. The molecule has 0 aromatic carbocycles. The summed E-state index contributed by atoms with van der Waals surface area (Å²) in [7, 11) is 1.82. The molecule has 1 fully saturated rings. The quantitative estimate of drug-likeness (QED) is 0.651. The first-order valence-corrected chi connectivity index (χ1v) is 10.1. The molecule has 31 heavy (non-hydrogen) atoms. The van der Waals surface area contributed by atoms with Gasteiger partial charge in [-0.1, -0.05) is 6.92 Å². The van der Waals surface area contributed by atoms with Crippen molar-refractivity contribution in [3.8, 4) is 6.07 Å². The SMILES string of the molecule is CC[C@H]1CN(C(=O)Nc2ccc(C#N)nc2C)CCN1c1nc(N)nc2c1cnn2C. The molecule has 0 saturated carbocycles. The van der Waals surface area contributed by atoms with Crippen LogP contribution >= 0.6 is 0 Å². The summed E-state index contributed by atoms with van der Waals surface area (Å²) < 4.78 is 1.68. The fourth-order valence-corrected chi connectivity index (χ4v) is 3.86. The molecule has 0 radical (unpaired) electrons. The molecule has 3 N–H and O–H groups in total. The molecule has 1 saturated heterocycles. The van der Waals surface area contributed by atoms with E-state index in [0.717, 1.165) is 17.6 Å². The molecular weight excluding hydrogens is 396 g/mol. The first-order chi connectivity index (χ1) is 14.9. The Morgan fingerprint density at radius 3 is 2.84 bits per heavy atom. The minimum atomic E-state index is -0.193. The summed E-state index contributed by atoms with van der Waals surface area (Å²) in [4.78, 5) is 29.8. The molecule has 0 unspecified atom stereocenters. The van der Waals surface area contributed by atoms with Crippen LogP contribution in [-0.2, 0) is 7.05 Å². The molecule has 3 aromatic heterocycles. The normalized spacial score (nSPS) is 16.4. The van der Waals surface area contributed by atoms with Crippen molar-refractivity contribution in [3.05, 3.63) is 29.7 Å². The van der Waals surface area contributed by atoms with Gasteiger partial charge in [0.05, 0.1) is 23.0 Å². The van der Waals surface area contributed by atoms with Gasteiger partial charge in [0.1, 0.15) is 17.6 Å². The number of hydrogen-bond acceptors (Lipinski definition) is 8. The van der Waals surface area contributed by atoms with E-state index in [1.165, 1.54) is 0 Å². The number of nitrogens with two attached hydrogens (primary N) is 1. The number of nitrogens with one attached hydrogen (secondary N) is 1. The zero-order valence-corrected chi connectivity index (χ0v) is 17.7. The van der Waals surface area contributed by atoms with Gasteiger partial charge >= 0.3 is 6.03 Å². The number of piperazine rings is 1. The van der Waals surface area contributed by atoms with E-state index >= 15 is 0 Å². The second kappa shape index (κ2) is 8.06. The van der Waals surface area contributed by atoms with Gasteiger partial charge in [0.25, 0.3) is 0 Å². The van der Waals surface area contributed by atoms with E-state index in [1.54, 1.807) is 34.8 Å². The van der Waals surface area contributed by atoms with Crippen molar-refractivity contribution in [2.75, 3.05) is 35.6 Å². The Kier molecular flexibility index (Phi) is 5.29. The number of rotatable bonds is 3. The van der Waals surface area contributed by atoms with Crippen LogP contribution in [0.1, 0.15) is 24.7 Å². The minimum Gasteiger partial charge on any atom is -0.368 e. The molecule has 4 rings (SSSR count). The molecule has 1 aliphatic rings. The number of nitrogen functional groups attached to an aromatic ring is 1. The van der Waals surface area contributed by atoms with Gasteiger partial charge in [-0.25, -0.2) is 9.78 Å². The minimum absolute atomic E-state index is 0.0670. The third-order valence-electron chi connectivity index (χ3n) is 5.54. The maximum atomic E-state index is 12.9. The van der Waals surface area contributed by atoms with Crippen LogP contribution in [0.25, 0.3) is 11.0 Å². The van der Waals surface area contributed by atoms with Gasteiger partial charge in [-0.15, -0.1) is 0 Å². The predicted molar refractivity (Wildman–Crippen MR) is 116 cm³/mol. The zero-order chi connectivity index (χ0) is 22.1. The lowest BCUT2D eigenvalue weighted by Crippen LogP contribution is -2.56. The summed E-state index contributed by atoms with van der Waals surface area (Å²) in [6.45, 7) is 5.52. The highest BCUT2D eigenvalue weighted by molar-refractivity contribution is 5.91. The number of hydrogen-bond donors (Lipinski definition) is 2. The van der Waals surface area contributed by atoms with E-state index in [4.69, 9.17) is 11.0 Å². The van der Waals surface area contributed by atoms with Crippen LogP contribution in [-0.4, -0.2) is 61.3 Å². The number of aromatic nitrogens is 5.